The molecule has 1 heterocycles. The first-order valence-electron chi connectivity index (χ1n) is 6.77. The molecule has 21 heavy (non-hydrogen) atoms. The van der Waals surface area contributed by atoms with Crippen molar-refractivity contribution in [2.24, 2.45) is 0 Å². The van der Waals surface area contributed by atoms with E-state index in [2.05, 4.69) is 5.32 Å². The summed E-state index contributed by atoms with van der Waals surface area (Å²) in [6.07, 6.45) is 1.69. The fourth-order valence-electron chi connectivity index (χ4n) is 2.34. The average molecular weight is 281 g/mol. The molecule has 1 aliphatic heterocycles. The Morgan fingerprint density at radius 2 is 2.05 bits per heavy atom. The number of anilines is 1. The number of hydrogen-bond acceptors (Lipinski definition) is 3. The van der Waals surface area contributed by atoms with Crippen LogP contribution in [-0.2, 0) is 4.79 Å². The van der Waals surface area contributed by atoms with Crippen molar-refractivity contribution in [3.63, 3.8) is 0 Å². The number of carbonyl (C=O) groups excluding carboxylic acids is 1. The van der Waals surface area contributed by atoms with Crippen LogP contribution in [0.1, 0.15) is 18.1 Å². The zero-order valence-corrected chi connectivity index (χ0v) is 11.6. The molecule has 4 nitrogen and oxygen atoms in total. The second-order valence-corrected chi connectivity index (χ2v) is 4.71. The summed E-state index contributed by atoms with van der Waals surface area (Å²) in [4.78, 5) is 12.1. The predicted octanol–water partition coefficient (Wildman–Crippen LogP) is 3.28. The summed E-state index contributed by atoms with van der Waals surface area (Å²) in [7, 11) is 0. The van der Waals surface area contributed by atoms with E-state index in [9.17, 15) is 9.90 Å². The van der Waals surface area contributed by atoms with E-state index in [1.165, 1.54) is 0 Å². The van der Waals surface area contributed by atoms with Crippen LogP contribution >= 0.6 is 0 Å². The Morgan fingerprint density at radius 3 is 2.81 bits per heavy atom. The molecule has 0 aromatic heterocycles. The lowest BCUT2D eigenvalue weighted by Crippen LogP contribution is -2.03. The summed E-state index contributed by atoms with van der Waals surface area (Å²) in [5.41, 5.74) is 2.69. The number of nitrogens with one attached hydrogen (secondary N) is 1. The lowest BCUT2D eigenvalue weighted by Gasteiger charge is -2.05. The summed E-state index contributed by atoms with van der Waals surface area (Å²) >= 11 is 0. The maximum absolute atomic E-state index is 12.1. The molecule has 0 atom stereocenters. The van der Waals surface area contributed by atoms with Crippen LogP contribution in [0.3, 0.4) is 0 Å². The van der Waals surface area contributed by atoms with Crippen LogP contribution < -0.4 is 10.1 Å². The van der Waals surface area contributed by atoms with Crippen molar-refractivity contribution in [2.45, 2.75) is 6.92 Å². The molecule has 2 N–H and O–H groups in total. The van der Waals surface area contributed by atoms with Crippen molar-refractivity contribution in [3.05, 3.63) is 53.6 Å². The highest BCUT2D eigenvalue weighted by atomic mass is 16.5. The van der Waals surface area contributed by atoms with Crippen molar-refractivity contribution < 1.29 is 14.6 Å². The minimum absolute atomic E-state index is 0.150. The van der Waals surface area contributed by atoms with Gasteiger partial charge in [-0.3, -0.25) is 4.79 Å². The fraction of sp³-hybridized carbons (Fsp3) is 0.118. The number of para-hydroxylation sites is 1. The van der Waals surface area contributed by atoms with E-state index in [-0.39, 0.29) is 11.7 Å². The third-order valence-corrected chi connectivity index (χ3v) is 3.32. The van der Waals surface area contributed by atoms with E-state index < -0.39 is 0 Å². The molecule has 0 bridgehead atoms. The van der Waals surface area contributed by atoms with Gasteiger partial charge >= 0.3 is 0 Å². The molecule has 1 amide bonds. The Kier molecular flexibility index (Phi) is 3.36. The monoisotopic (exact) mass is 281 g/mol. The Morgan fingerprint density at radius 1 is 1.24 bits per heavy atom. The van der Waals surface area contributed by atoms with E-state index in [4.69, 9.17) is 4.74 Å². The van der Waals surface area contributed by atoms with Crippen LogP contribution in [0, 0.1) is 0 Å². The standard InChI is InChI=1S/C17H15NO3/c1-2-21-12-7-8-13-14(17(20)18-15(13)10-12)9-11-5-3-4-6-16(11)19/h3-10,19H,2H2,1H3,(H,18,20)/b14-9+. The summed E-state index contributed by atoms with van der Waals surface area (Å²) in [5.74, 6) is 0.694. The third-order valence-electron chi connectivity index (χ3n) is 3.32. The Balaban J connectivity index is 2.03. The van der Waals surface area contributed by atoms with Crippen molar-refractivity contribution in [1.82, 2.24) is 0 Å². The van der Waals surface area contributed by atoms with E-state index in [1.807, 2.05) is 31.2 Å². The zero-order valence-electron chi connectivity index (χ0n) is 11.6. The molecule has 3 rings (SSSR count). The molecule has 0 fully saturated rings. The number of benzene rings is 2. The fourth-order valence-corrected chi connectivity index (χ4v) is 2.34. The van der Waals surface area contributed by atoms with Crippen LogP contribution in [0.5, 0.6) is 11.5 Å². The highest BCUT2D eigenvalue weighted by Gasteiger charge is 2.24. The van der Waals surface area contributed by atoms with Gasteiger partial charge in [0.2, 0.25) is 0 Å². The topological polar surface area (TPSA) is 58.6 Å². The summed E-state index contributed by atoms with van der Waals surface area (Å²) in [6.45, 7) is 2.49. The molecule has 0 aliphatic carbocycles. The second-order valence-electron chi connectivity index (χ2n) is 4.71. The number of fused-ring (bicyclic) bond motifs is 1. The third kappa shape index (κ3) is 2.48. The number of ether oxygens (including phenoxy) is 1. The summed E-state index contributed by atoms with van der Waals surface area (Å²) < 4.78 is 5.43. The normalized spacial score (nSPS) is 14.9. The SMILES string of the molecule is CCOc1ccc2c(c1)NC(=O)/C2=C/c1ccccc1O. The molecular weight excluding hydrogens is 266 g/mol. The van der Waals surface area contributed by atoms with Crippen LogP contribution in [0.2, 0.25) is 0 Å². The van der Waals surface area contributed by atoms with Crippen LogP contribution in [0.4, 0.5) is 5.69 Å². The van der Waals surface area contributed by atoms with Gasteiger partial charge < -0.3 is 15.2 Å². The van der Waals surface area contributed by atoms with Crippen molar-refractivity contribution in [2.75, 3.05) is 11.9 Å². The molecule has 0 saturated carbocycles. The van der Waals surface area contributed by atoms with Gasteiger partial charge in [-0.15, -0.1) is 0 Å². The van der Waals surface area contributed by atoms with Gasteiger partial charge in [-0.2, -0.15) is 0 Å². The number of amides is 1. The van der Waals surface area contributed by atoms with Gasteiger partial charge in [0.15, 0.2) is 0 Å². The van der Waals surface area contributed by atoms with E-state index in [1.54, 1.807) is 24.3 Å². The molecule has 0 radical (unpaired) electrons. The predicted molar refractivity (Wildman–Crippen MR) is 82.2 cm³/mol. The number of phenols is 1. The largest absolute Gasteiger partial charge is 0.507 e. The van der Waals surface area contributed by atoms with E-state index in [0.29, 0.717) is 17.7 Å². The average Bonchev–Trinajstić information content (AvgIpc) is 2.77. The van der Waals surface area contributed by atoms with Gasteiger partial charge in [-0.25, -0.2) is 0 Å². The zero-order chi connectivity index (χ0) is 14.8. The lowest BCUT2D eigenvalue weighted by atomic mass is 10.0. The number of hydrogen-bond donors (Lipinski definition) is 2. The van der Waals surface area contributed by atoms with Crippen molar-refractivity contribution in [1.29, 1.82) is 0 Å². The number of phenolic OH excluding ortho intramolecular Hbond substituents is 1. The first-order valence-corrected chi connectivity index (χ1v) is 6.77. The lowest BCUT2D eigenvalue weighted by molar-refractivity contribution is -0.110. The Hall–Kier alpha value is -2.75. The van der Waals surface area contributed by atoms with Crippen molar-refractivity contribution in [3.8, 4) is 11.5 Å². The highest BCUT2D eigenvalue weighted by Crippen LogP contribution is 2.36. The van der Waals surface area contributed by atoms with Crippen LogP contribution in [0.25, 0.3) is 11.6 Å². The molecule has 1 aliphatic rings. The van der Waals surface area contributed by atoms with E-state index in [0.717, 1.165) is 17.0 Å². The first-order chi connectivity index (χ1) is 10.2. The quantitative estimate of drug-likeness (QED) is 0.849. The molecule has 2 aromatic carbocycles. The van der Waals surface area contributed by atoms with Gasteiger partial charge in [0, 0.05) is 22.8 Å². The molecule has 0 unspecified atom stereocenters. The van der Waals surface area contributed by atoms with E-state index >= 15 is 0 Å². The maximum atomic E-state index is 12.1. The first kappa shape index (κ1) is 13.2. The molecule has 0 saturated heterocycles. The van der Waals surface area contributed by atoms with Gasteiger partial charge in [-0.05, 0) is 31.2 Å². The molecular formula is C17H15NO3. The Labute approximate surface area is 122 Å². The highest BCUT2D eigenvalue weighted by molar-refractivity contribution is 6.35. The molecule has 2 aromatic rings. The van der Waals surface area contributed by atoms with Crippen LogP contribution in [-0.4, -0.2) is 17.6 Å². The summed E-state index contributed by atoms with van der Waals surface area (Å²) in [6, 6.07) is 12.4. The van der Waals surface area contributed by atoms with Gasteiger partial charge in [0.05, 0.1) is 12.3 Å². The van der Waals surface area contributed by atoms with Gasteiger partial charge in [0.25, 0.3) is 5.91 Å². The van der Waals surface area contributed by atoms with Gasteiger partial charge in [-0.1, -0.05) is 18.2 Å². The number of aromatic hydroxyl groups is 1. The number of carbonyl (C=O) groups is 1. The minimum atomic E-state index is -0.179. The maximum Gasteiger partial charge on any atom is 0.256 e. The smallest absolute Gasteiger partial charge is 0.256 e. The van der Waals surface area contributed by atoms with Crippen LogP contribution in [0.15, 0.2) is 42.5 Å². The second kappa shape index (κ2) is 5.32. The minimum Gasteiger partial charge on any atom is -0.507 e. The Bertz CT molecular complexity index is 735. The molecule has 0 spiro atoms. The molecule has 4 heteroatoms. The summed E-state index contributed by atoms with van der Waals surface area (Å²) in [5, 5.41) is 12.6. The van der Waals surface area contributed by atoms with Crippen molar-refractivity contribution >= 4 is 23.2 Å². The van der Waals surface area contributed by atoms with Gasteiger partial charge in [0.1, 0.15) is 11.5 Å². The number of rotatable bonds is 3. The molecule has 106 valence electrons.